The van der Waals surface area contributed by atoms with Gasteiger partial charge in [-0.3, -0.25) is 0 Å². The van der Waals surface area contributed by atoms with Gasteiger partial charge in [-0.1, -0.05) is 0 Å². The third-order valence-electron chi connectivity index (χ3n) is 3.67. The number of aromatic nitrogens is 2. The SMILES string of the molecule is CCOc1cc(/C=C(/C#N)c2nc3ccc(F)cc3[nH]2)cc(I)c1OC. The summed E-state index contributed by atoms with van der Waals surface area (Å²) in [6, 6.07) is 10.1. The van der Waals surface area contributed by atoms with Crippen LogP contribution in [0.5, 0.6) is 11.5 Å². The average Bonchev–Trinajstić information content (AvgIpc) is 3.02. The van der Waals surface area contributed by atoms with Crippen molar-refractivity contribution in [3.8, 4) is 17.6 Å². The topological polar surface area (TPSA) is 70.9 Å². The van der Waals surface area contributed by atoms with Crippen molar-refractivity contribution in [2.75, 3.05) is 13.7 Å². The highest BCUT2D eigenvalue weighted by Crippen LogP contribution is 2.35. The Labute approximate surface area is 163 Å². The van der Waals surface area contributed by atoms with Crippen molar-refractivity contribution in [3.63, 3.8) is 0 Å². The zero-order chi connectivity index (χ0) is 18.7. The predicted molar refractivity (Wildman–Crippen MR) is 106 cm³/mol. The Kier molecular flexibility index (Phi) is 5.42. The van der Waals surface area contributed by atoms with Crippen LogP contribution < -0.4 is 9.47 Å². The minimum Gasteiger partial charge on any atom is -0.492 e. The molecule has 0 aliphatic carbocycles. The molecule has 3 rings (SSSR count). The molecule has 0 fully saturated rings. The van der Waals surface area contributed by atoms with E-state index in [2.05, 4.69) is 38.6 Å². The number of fused-ring (bicyclic) bond motifs is 1. The van der Waals surface area contributed by atoms with Gasteiger partial charge in [-0.05, 0) is 71.5 Å². The number of rotatable bonds is 5. The number of nitriles is 1. The summed E-state index contributed by atoms with van der Waals surface area (Å²) in [5, 5.41) is 9.55. The van der Waals surface area contributed by atoms with Crippen molar-refractivity contribution >= 4 is 45.3 Å². The van der Waals surface area contributed by atoms with E-state index in [1.165, 1.54) is 12.1 Å². The number of hydrogen-bond acceptors (Lipinski definition) is 4. The van der Waals surface area contributed by atoms with Crippen molar-refractivity contribution in [3.05, 3.63) is 51.1 Å². The predicted octanol–water partition coefficient (Wildman–Crippen LogP) is 4.78. The molecular weight excluding hydrogens is 448 g/mol. The molecule has 26 heavy (non-hydrogen) atoms. The highest BCUT2D eigenvalue weighted by atomic mass is 127. The number of nitrogens with one attached hydrogen (secondary N) is 1. The fourth-order valence-corrected chi connectivity index (χ4v) is 3.41. The molecule has 0 saturated carbocycles. The Hall–Kier alpha value is -2.60. The number of imidazole rings is 1. The van der Waals surface area contributed by atoms with E-state index in [9.17, 15) is 9.65 Å². The summed E-state index contributed by atoms with van der Waals surface area (Å²) in [5.41, 5.74) is 2.26. The number of allylic oxidation sites excluding steroid dienone is 1. The molecular formula is C19H15FIN3O2. The van der Waals surface area contributed by atoms with Gasteiger partial charge >= 0.3 is 0 Å². The van der Waals surface area contributed by atoms with Crippen molar-refractivity contribution in [1.29, 1.82) is 5.26 Å². The van der Waals surface area contributed by atoms with Gasteiger partial charge in [0.1, 0.15) is 17.7 Å². The largest absolute Gasteiger partial charge is 0.492 e. The minimum atomic E-state index is -0.360. The number of methoxy groups -OCH3 is 1. The Morgan fingerprint density at radius 3 is 2.88 bits per heavy atom. The number of halogens is 2. The molecule has 0 aliphatic rings. The normalized spacial score (nSPS) is 11.4. The summed E-state index contributed by atoms with van der Waals surface area (Å²) < 4.78 is 25.2. The average molecular weight is 463 g/mol. The maximum atomic E-state index is 13.4. The van der Waals surface area contributed by atoms with Gasteiger partial charge in [-0.25, -0.2) is 9.37 Å². The van der Waals surface area contributed by atoms with Gasteiger partial charge in [0.2, 0.25) is 0 Å². The highest BCUT2D eigenvalue weighted by Gasteiger charge is 2.13. The molecule has 7 heteroatoms. The second-order valence-corrected chi connectivity index (χ2v) is 6.55. The van der Waals surface area contributed by atoms with Crippen LogP contribution in [0.3, 0.4) is 0 Å². The third-order valence-corrected chi connectivity index (χ3v) is 4.47. The molecule has 1 N–H and O–H groups in total. The summed E-state index contributed by atoms with van der Waals surface area (Å²) in [4.78, 5) is 7.35. The molecule has 5 nitrogen and oxygen atoms in total. The molecule has 1 heterocycles. The zero-order valence-electron chi connectivity index (χ0n) is 14.1. The van der Waals surface area contributed by atoms with Crippen molar-refractivity contribution in [2.24, 2.45) is 0 Å². The van der Waals surface area contributed by atoms with Gasteiger partial charge < -0.3 is 14.5 Å². The van der Waals surface area contributed by atoms with E-state index in [-0.39, 0.29) is 5.82 Å². The second kappa shape index (κ2) is 7.74. The standard InChI is InChI=1S/C19H15FIN3O2/c1-3-26-17-8-11(7-14(21)18(17)25-2)6-12(10-22)19-23-15-5-4-13(20)9-16(15)24-19/h4-9H,3H2,1-2H3,(H,23,24)/b12-6-. The van der Waals surface area contributed by atoms with Crippen molar-refractivity contribution < 1.29 is 13.9 Å². The van der Waals surface area contributed by atoms with Crippen LogP contribution in [0.4, 0.5) is 4.39 Å². The lowest BCUT2D eigenvalue weighted by molar-refractivity contribution is 0.309. The summed E-state index contributed by atoms with van der Waals surface area (Å²) in [6.07, 6.45) is 1.71. The van der Waals surface area contributed by atoms with Crippen LogP contribution in [0.1, 0.15) is 18.3 Å². The first-order valence-corrected chi connectivity index (χ1v) is 8.91. The number of nitrogens with zero attached hydrogens (tertiary/aromatic N) is 2. The minimum absolute atomic E-state index is 0.338. The molecule has 0 bridgehead atoms. The van der Waals surface area contributed by atoms with Crippen LogP contribution in [0, 0.1) is 20.7 Å². The van der Waals surface area contributed by atoms with E-state index in [1.807, 2.05) is 19.1 Å². The lowest BCUT2D eigenvalue weighted by atomic mass is 10.1. The molecule has 0 saturated heterocycles. The monoisotopic (exact) mass is 463 g/mol. The van der Waals surface area contributed by atoms with Crippen molar-refractivity contribution in [1.82, 2.24) is 9.97 Å². The van der Waals surface area contributed by atoms with Gasteiger partial charge in [0.15, 0.2) is 11.5 Å². The first-order valence-electron chi connectivity index (χ1n) is 7.83. The lowest BCUT2D eigenvalue weighted by Crippen LogP contribution is -1.98. The highest BCUT2D eigenvalue weighted by molar-refractivity contribution is 14.1. The lowest BCUT2D eigenvalue weighted by Gasteiger charge is -2.12. The summed E-state index contributed by atoms with van der Waals surface area (Å²) in [6.45, 7) is 2.39. The fraction of sp³-hybridized carbons (Fsp3) is 0.158. The zero-order valence-corrected chi connectivity index (χ0v) is 16.3. The summed E-state index contributed by atoms with van der Waals surface area (Å²) >= 11 is 2.16. The number of hydrogen-bond donors (Lipinski definition) is 1. The number of ether oxygens (including phenoxy) is 2. The van der Waals surface area contributed by atoms with Gasteiger partial charge in [-0.15, -0.1) is 0 Å². The molecule has 0 atom stereocenters. The van der Waals surface area contributed by atoms with Gasteiger partial charge in [0.05, 0.1) is 33.9 Å². The molecule has 2 aromatic carbocycles. The summed E-state index contributed by atoms with van der Waals surface area (Å²) in [7, 11) is 1.59. The van der Waals surface area contributed by atoms with Crippen LogP contribution in [-0.4, -0.2) is 23.7 Å². The van der Waals surface area contributed by atoms with Crippen LogP contribution >= 0.6 is 22.6 Å². The van der Waals surface area contributed by atoms with Gasteiger partial charge in [0.25, 0.3) is 0 Å². The smallest absolute Gasteiger partial charge is 0.174 e. The molecule has 0 amide bonds. The molecule has 3 aromatic rings. The van der Waals surface area contributed by atoms with Crippen molar-refractivity contribution in [2.45, 2.75) is 6.92 Å². The summed E-state index contributed by atoms with van der Waals surface area (Å²) in [5.74, 6) is 1.29. The second-order valence-electron chi connectivity index (χ2n) is 5.38. The van der Waals surface area contributed by atoms with E-state index >= 15 is 0 Å². The Morgan fingerprint density at radius 2 is 2.19 bits per heavy atom. The number of benzene rings is 2. The fourth-order valence-electron chi connectivity index (χ4n) is 2.56. The van der Waals surface area contributed by atoms with Gasteiger partial charge in [0, 0.05) is 0 Å². The Bertz CT molecular complexity index is 1040. The maximum Gasteiger partial charge on any atom is 0.174 e. The molecule has 0 spiro atoms. The molecule has 132 valence electrons. The van der Waals surface area contributed by atoms with E-state index in [4.69, 9.17) is 9.47 Å². The first kappa shape index (κ1) is 18.2. The van der Waals surface area contributed by atoms with E-state index in [0.29, 0.717) is 40.5 Å². The number of aromatic amines is 1. The molecule has 0 radical (unpaired) electrons. The molecule has 0 unspecified atom stereocenters. The maximum absolute atomic E-state index is 13.4. The quantitative estimate of drug-likeness (QED) is 0.437. The van der Waals surface area contributed by atoms with E-state index < -0.39 is 0 Å². The third kappa shape index (κ3) is 3.65. The van der Waals surface area contributed by atoms with Crippen LogP contribution in [-0.2, 0) is 0 Å². The van der Waals surface area contributed by atoms with E-state index in [1.54, 1.807) is 19.3 Å². The van der Waals surface area contributed by atoms with Crippen LogP contribution in [0.25, 0.3) is 22.7 Å². The Morgan fingerprint density at radius 1 is 1.38 bits per heavy atom. The number of H-pyrrole nitrogens is 1. The molecule has 1 aromatic heterocycles. The van der Waals surface area contributed by atoms with Gasteiger partial charge in [-0.2, -0.15) is 5.26 Å². The molecule has 0 aliphatic heterocycles. The van der Waals surface area contributed by atoms with Crippen LogP contribution in [0.15, 0.2) is 30.3 Å². The van der Waals surface area contributed by atoms with Crippen LogP contribution in [0.2, 0.25) is 0 Å². The Balaban J connectivity index is 2.07. The first-order chi connectivity index (χ1) is 12.5. The van der Waals surface area contributed by atoms with E-state index in [0.717, 1.165) is 9.13 Å².